The fourth-order valence-corrected chi connectivity index (χ4v) is 7.82. The Morgan fingerprint density at radius 1 is 0.500 bits per heavy atom. The van der Waals surface area contributed by atoms with Crippen molar-refractivity contribution in [2.75, 3.05) is 19.8 Å². The Morgan fingerprint density at radius 2 is 0.789 bits per heavy atom. The molecule has 0 rings (SSSR count). The predicted molar refractivity (Wildman–Crippen MR) is 173 cm³/mol. The van der Waals surface area contributed by atoms with Gasteiger partial charge in [-0.1, -0.05) is 162 Å². The van der Waals surface area contributed by atoms with E-state index in [9.17, 15) is 0 Å². The molecular weight excluding hydrogens is 482 g/mol. The van der Waals surface area contributed by atoms with Crippen LogP contribution >= 0.6 is 0 Å². The van der Waals surface area contributed by atoms with Crippen molar-refractivity contribution in [1.82, 2.24) is 0 Å². The first-order chi connectivity index (χ1) is 18.6. The molecule has 1 unspecified atom stereocenters. The van der Waals surface area contributed by atoms with Crippen molar-refractivity contribution in [3.8, 4) is 0 Å². The first-order valence-electron chi connectivity index (χ1n) is 17.6. The van der Waals surface area contributed by atoms with Gasteiger partial charge < -0.3 is 14.6 Å². The zero-order chi connectivity index (χ0) is 28.0. The van der Waals surface area contributed by atoms with E-state index in [1.807, 2.05) is 0 Å². The Balaban J connectivity index is 3.84. The molecule has 3 nitrogen and oxygen atoms in total. The van der Waals surface area contributed by atoms with Crippen molar-refractivity contribution >= 4 is 8.56 Å². The molecular formula is C34H73NO2Si. The molecule has 0 aromatic heterocycles. The highest BCUT2D eigenvalue weighted by molar-refractivity contribution is 6.66. The van der Waals surface area contributed by atoms with E-state index >= 15 is 0 Å². The molecule has 0 aromatic rings. The average molecular weight is 556 g/mol. The molecule has 0 radical (unpaired) electrons. The van der Waals surface area contributed by atoms with E-state index in [1.165, 1.54) is 154 Å². The van der Waals surface area contributed by atoms with Crippen LogP contribution in [0.4, 0.5) is 0 Å². The van der Waals surface area contributed by atoms with E-state index in [2.05, 4.69) is 27.3 Å². The van der Waals surface area contributed by atoms with Gasteiger partial charge >= 0.3 is 8.56 Å². The number of nitrogens with two attached hydrogens (primary N) is 1. The van der Waals surface area contributed by atoms with Crippen molar-refractivity contribution in [1.29, 1.82) is 0 Å². The topological polar surface area (TPSA) is 44.5 Å². The maximum atomic E-state index is 6.50. The Hall–Kier alpha value is 0.0969. The highest BCUT2D eigenvalue weighted by atomic mass is 28.4. The molecule has 4 heteroatoms. The fourth-order valence-electron chi connectivity index (χ4n) is 5.27. The smallest absolute Gasteiger partial charge is 0.334 e. The molecule has 0 aliphatic heterocycles. The van der Waals surface area contributed by atoms with Crippen LogP contribution in [0.2, 0.25) is 12.6 Å². The minimum atomic E-state index is -2.08. The third kappa shape index (κ3) is 27.7. The van der Waals surface area contributed by atoms with Gasteiger partial charge in [-0.15, -0.1) is 0 Å². The zero-order valence-corrected chi connectivity index (χ0v) is 28.0. The standard InChI is InChI=1S/C34H73NO2Si/c1-5-7-9-11-13-15-17-19-21-23-25-27-30-36-38(4,32-29-34(3)33-35)37-31-28-26-24-22-20-18-16-14-12-10-8-6-2/h34H,5-33,35H2,1-4H3. The summed E-state index contributed by atoms with van der Waals surface area (Å²) >= 11 is 0. The summed E-state index contributed by atoms with van der Waals surface area (Å²) in [6.45, 7) is 11.7. The van der Waals surface area contributed by atoms with Crippen LogP contribution in [0, 0.1) is 5.92 Å². The molecule has 1 atom stereocenters. The lowest BCUT2D eigenvalue weighted by molar-refractivity contribution is 0.165. The van der Waals surface area contributed by atoms with Crippen LogP contribution < -0.4 is 5.73 Å². The third-order valence-electron chi connectivity index (χ3n) is 8.30. The highest BCUT2D eigenvalue weighted by Gasteiger charge is 2.31. The van der Waals surface area contributed by atoms with Crippen molar-refractivity contribution in [3.63, 3.8) is 0 Å². The molecule has 0 aromatic carbocycles. The summed E-state index contributed by atoms with van der Waals surface area (Å²) in [5.41, 5.74) is 5.89. The summed E-state index contributed by atoms with van der Waals surface area (Å²) in [6.07, 6.45) is 34.4. The van der Waals surface area contributed by atoms with Crippen LogP contribution in [0.25, 0.3) is 0 Å². The SMILES string of the molecule is CCCCCCCCCCCCCCO[Si](C)(CCC(C)CN)OCCCCCCCCCCCCCC. The van der Waals surface area contributed by atoms with E-state index in [4.69, 9.17) is 14.6 Å². The van der Waals surface area contributed by atoms with Gasteiger partial charge in [-0.3, -0.25) is 0 Å². The van der Waals surface area contributed by atoms with Gasteiger partial charge in [0.05, 0.1) is 0 Å². The molecule has 0 bridgehead atoms. The Kier molecular flexibility index (Phi) is 30.1. The summed E-state index contributed by atoms with van der Waals surface area (Å²) in [6, 6.07) is 1.09. The molecule has 0 aliphatic rings. The normalized spacial score (nSPS) is 12.9. The van der Waals surface area contributed by atoms with Gasteiger partial charge in [-0.2, -0.15) is 0 Å². The summed E-state index contributed by atoms with van der Waals surface area (Å²) in [4.78, 5) is 0. The van der Waals surface area contributed by atoms with Crippen molar-refractivity contribution < 1.29 is 8.85 Å². The van der Waals surface area contributed by atoms with Gasteiger partial charge in [-0.05, 0) is 44.3 Å². The van der Waals surface area contributed by atoms with E-state index in [0.717, 1.165) is 32.2 Å². The van der Waals surface area contributed by atoms with Gasteiger partial charge in [-0.25, -0.2) is 0 Å². The zero-order valence-electron chi connectivity index (χ0n) is 27.0. The van der Waals surface area contributed by atoms with Gasteiger partial charge in [0.25, 0.3) is 0 Å². The molecule has 230 valence electrons. The maximum absolute atomic E-state index is 6.50. The second-order valence-electron chi connectivity index (χ2n) is 12.5. The quantitative estimate of drug-likeness (QED) is 0.0663. The van der Waals surface area contributed by atoms with Gasteiger partial charge in [0.1, 0.15) is 0 Å². The molecule has 38 heavy (non-hydrogen) atoms. The maximum Gasteiger partial charge on any atom is 0.334 e. The van der Waals surface area contributed by atoms with Crippen LogP contribution in [0.5, 0.6) is 0 Å². The lowest BCUT2D eigenvalue weighted by Gasteiger charge is -2.28. The van der Waals surface area contributed by atoms with E-state index in [1.54, 1.807) is 0 Å². The first-order valence-corrected chi connectivity index (χ1v) is 20.1. The average Bonchev–Trinajstić information content (AvgIpc) is 2.92. The van der Waals surface area contributed by atoms with Crippen LogP contribution in [-0.4, -0.2) is 28.3 Å². The lowest BCUT2D eigenvalue weighted by Crippen LogP contribution is -2.40. The summed E-state index contributed by atoms with van der Waals surface area (Å²) in [7, 11) is -2.08. The number of unbranched alkanes of at least 4 members (excludes halogenated alkanes) is 22. The second-order valence-corrected chi connectivity index (χ2v) is 15.8. The summed E-state index contributed by atoms with van der Waals surface area (Å²) < 4.78 is 13.0. The minimum Gasteiger partial charge on any atom is -0.394 e. The largest absolute Gasteiger partial charge is 0.394 e. The summed E-state index contributed by atoms with van der Waals surface area (Å²) in [5.74, 6) is 0.562. The van der Waals surface area contributed by atoms with Gasteiger partial charge in [0, 0.05) is 13.2 Å². The molecule has 0 spiro atoms. The Bertz CT molecular complexity index is 418. The van der Waals surface area contributed by atoms with Gasteiger partial charge in [0.2, 0.25) is 0 Å². The number of hydrogen-bond donors (Lipinski definition) is 1. The molecule has 0 aliphatic carbocycles. The predicted octanol–water partition coefficient (Wildman–Crippen LogP) is 11.5. The molecule has 0 fully saturated rings. The van der Waals surface area contributed by atoms with E-state index in [-0.39, 0.29) is 0 Å². The Morgan fingerprint density at radius 3 is 1.08 bits per heavy atom. The Labute approximate surface area is 242 Å². The van der Waals surface area contributed by atoms with E-state index in [0.29, 0.717) is 5.92 Å². The third-order valence-corrected chi connectivity index (χ3v) is 11.1. The number of rotatable bonds is 32. The van der Waals surface area contributed by atoms with Crippen LogP contribution in [0.3, 0.4) is 0 Å². The minimum absolute atomic E-state index is 0.562. The van der Waals surface area contributed by atoms with Crippen LogP contribution in [0.1, 0.15) is 181 Å². The van der Waals surface area contributed by atoms with Crippen molar-refractivity contribution in [2.24, 2.45) is 11.7 Å². The molecule has 0 saturated carbocycles. The molecule has 0 saturated heterocycles. The van der Waals surface area contributed by atoms with Crippen LogP contribution in [0.15, 0.2) is 0 Å². The first kappa shape index (κ1) is 38.1. The van der Waals surface area contributed by atoms with E-state index < -0.39 is 8.56 Å². The second kappa shape index (κ2) is 30.1. The van der Waals surface area contributed by atoms with Crippen molar-refractivity contribution in [3.05, 3.63) is 0 Å². The van der Waals surface area contributed by atoms with Crippen molar-refractivity contribution in [2.45, 2.75) is 194 Å². The highest BCUT2D eigenvalue weighted by Crippen LogP contribution is 2.21. The monoisotopic (exact) mass is 556 g/mol. The lowest BCUT2D eigenvalue weighted by atomic mass is 10.1. The molecule has 0 heterocycles. The summed E-state index contributed by atoms with van der Waals surface area (Å²) in [5, 5.41) is 0. The molecule has 2 N–H and O–H groups in total. The number of hydrogen-bond acceptors (Lipinski definition) is 3. The fraction of sp³-hybridized carbons (Fsp3) is 1.00. The van der Waals surface area contributed by atoms with Gasteiger partial charge in [0.15, 0.2) is 0 Å². The van der Waals surface area contributed by atoms with Crippen LogP contribution in [-0.2, 0) is 8.85 Å². The molecule has 0 amide bonds.